The summed E-state index contributed by atoms with van der Waals surface area (Å²) in [6.45, 7) is 4.07. The Bertz CT molecular complexity index is 1100. The maximum absolute atomic E-state index is 13.8. The fourth-order valence-electron chi connectivity index (χ4n) is 4.63. The summed E-state index contributed by atoms with van der Waals surface area (Å²) in [4.78, 5) is 77.9. The molecule has 0 saturated carbocycles. The molecular formula is C26H49N13O6. The first kappa shape index (κ1) is 38.3. The Morgan fingerprint density at radius 2 is 1.33 bits per heavy atom. The molecule has 1 heterocycles. The van der Waals surface area contributed by atoms with Gasteiger partial charge in [0.2, 0.25) is 35.4 Å². The molecule has 5 atom stereocenters. The van der Waals surface area contributed by atoms with Gasteiger partial charge in [0, 0.05) is 19.6 Å². The van der Waals surface area contributed by atoms with E-state index < -0.39 is 72.1 Å². The lowest BCUT2D eigenvalue weighted by Crippen LogP contribution is -2.59. The average molecular weight is 640 g/mol. The van der Waals surface area contributed by atoms with E-state index >= 15 is 0 Å². The van der Waals surface area contributed by atoms with Gasteiger partial charge in [0.15, 0.2) is 11.9 Å². The Labute approximate surface area is 261 Å². The van der Waals surface area contributed by atoms with Crippen molar-refractivity contribution < 1.29 is 28.8 Å². The van der Waals surface area contributed by atoms with Gasteiger partial charge in [-0.25, -0.2) is 0 Å². The van der Waals surface area contributed by atoms with Crippen LogP contribution < -0.4 is 55.3 Å². The van der Waals surface area contributed by atoms with Crippen LogP contribution in [0.25, 0.3) is 0 Å². The summed E-state index contributed by atoms with van der Waals surface area (Å²) >= 11 is 0. The summed E-state index contributed by atoms with van der Waals surface area (Å²) in [7, 11) is 0. The lowest BCUT2D eigenvalue weighted by atomic mass is 10.0. The molecule has 1 saturated heterocycles. The van der Waals surface area contributed by atoms with Crippen molar-refractivity contribution in [3.63, 3.8) is 0 Å². The Morgan fingerprint density at radius 1 is 0.800 bits per heavy atom. The smallest absolute Gasteiger partial charge is 0.245 e. The number of primary amides is 2. The van der Waals surface area contributed by atoms with Crippen molar-refractivity contribution in [2.45, 2.75) is 89.0 Å². The minimum atomic E-state index is -1.42. The maximum Gasteiger partial charge on any atom is 0.245 e. The van der Waals surface area contributed by atoms with Crippen LogP contribution in [0.3, 0.4) is 0 Å². The molecule has 1 aliphatic rings. The zero-order chi connectivity index (χ0) is 34.3. The summed E-state index contributed by atoms with van der Waals surface area (Å²) in [6, 6.07) is -5.59. The average Bonchev–Trinajstić information content (AvgIpc) is 3.44. The van der Waals surface area contributed by atoms with Crippen molar-refractivity contribution in [1.29, 1.82) is 10.8 Å². The molecule has 1 aliphatic heterocycles. The first-order valence-electron chi connectivity index (χ1n) is 14.8. The van der Waals surface area contributed by atoms with Gasteiger partial charge >= 0.3 is 0 Å². The van der Waals surface area contributed by atoms with Crippen LogP contribution >= 0.6 is 0 Å². The number of carbonyl (C=O) groups excluding carboxylic acids is 6. The zero-order valence-corrected chi connectivity index (χ0v) is 25.8. The molecule has 0 aliphatic carbocycles. The van der Waals surface area contributed by atoms with Crippen molar-refractivity contribution in [2.75, 3.05) is 19.6 Å². The lowest BCUT2D eigenvalue weighted by molar-refractivity contribution is -0.142. The van der Waals surface area contributed by atoms with E-state index in [1.807, 2.05) is 0 Å². The molecule has 0 aromatic rings. The fourth-order valence-corrected chi connectivity index (χ4v) is 4.63. The largest absolute Gasteiger partial charge is 0.370 e. The highest BCUT2D eigenvalue weighted by molar-refractivity contribution is 5.97. The molecular weight excluding hydrogens is 590 g/mol. The number of nitrogens with two attached hydrogens (primary N) is 5. The highest BCUT2D eigenvalue weighted by atomic mass is 16.2. The van der Waals surface area contributed by atoms with E-state index in [1.165, 1.54) is 4.90 Å². The summed E-state index contributed by atoms with van der Waals surface area (Å²) < 4.78 is 0. The van der Waals surface area contributed by atoms with Gasteiger partial charge in [-0.1, -0.05) is 13.8 Å². The number of rotatable bonds is 19. The Kier molecular flexibility index (Phi) is 16.1. The summed E-state index contributed by atoms with van der Waals surface area (Å²) in [5.74, 6) is -5.19. The van der Waals surface area contributed by atoms with E-state index in [1.54, 1.807) is 13.8 Å². The van der Waals surface area contributed by atoms with Gasteiger partial charge < -0.3 is 60.2 Å². The topological polar surface area (TPSA) is 344 Å². The number of guanidine groups is 2. The van der Waals surface area contributed by atoms with Crippen LogP contribution in [-0.4, -0.2) is 102 Å². The van der Waals surface area contributed by atoms with Gasteiger partial charge in [-0.15, -0.1) is 0 Å². The van der Waals surface area contributed by atoms with Gasteiger partial charge in [0.05, 0.1) is 12.5 Å². The highest BCUT2D eigenvalue weighted by Gasteiger charge is 2.39. The molecule has 0 aromatic heterocycles. The molecule has 1 fully saturated rings. The third-order valence-corrected chi connectivity index (χ3v) is 7.14. The summed E-state index contributed by atoms with van der Waals surface area (Å²) in [5, 5.41) is 27.3. The van der Waals surface area contributed by atoms with Gasteiger partial charge in [-0.05, 0) is 44.4 Å². The van der Waals surface area contributed by atoms with Gasteiger partial charge in [-0.3, -0.25) is 39.6 Å². The second kappa shape index (κ2) is 18.9. The molecule has 254 valence electrons. The Balaban J connectivity index is 3.13. The van der Waals surface area contributed by atoms with Gasteiger partial charge in [0.25, 0.3) is 0 Å². The van der Waals surface area contributed by atoms with Crippen LogP contribution in [0.1, 0.15) is 58.8 Å². The summed E-state index contributed by atoms with van der Waals surface area (Å²) in [6.07, 6.45) is 1.05. The predicted molar refractivity (Wildman–Crippen MR) is 165 cm³/mol. The summed E-state index contributed by atoms with van der Waals surface area (Å²) in [5.41, 5.74) is 27.2. The van der Waals surface area contributed by atoms with E-state index in [-0.39, 0.29) is 63.2 Å². The molecule has 19 heteroatoms. The van der Waals surface area contributed by atoms with Gasteiger partial charge in [-0.2, -0.15) is 0 Å². The number of nitrogens with one attached hydrogen (secondary N) is 7. The van der Waals surface area contributed by atoms with Crippen LogP contribution in [0.2, 0.25) is 0 Å². The maximum atomic E-state index is 13.8. The van der Waals surface area contributed by atoms with E-state index in [0.29, 0.717) is 12.8 Å². The van der Waals surface area contributed by atoms with Crippen molar-refractivity contribution in [1.82, 2.24) is 31.5 Å². The predicted octanol–water partition coefficient (Wildman–Crippen LogP) is -4.70. The SMILES string of the molecule is CC(C)[C@H](N)C(=O)N[C@@H](CC(N)=O)C(=O)N[C@@H](CCCNC(=N)N)C(=O)N1CCC[C@H]1C(=O)N[C@@H](CCCNC(=N)N)C(N)=O. The van der Waals surface area contributed by atoms with Crippen LogP contribution in [0, 0.1) is 16.7 Å². The van der Waals surface area contributed by atoms with Crippen LogP contribution in [0.4, 0.5) is 0 Å². The molecule has 6 amide bonds. The van der Waals surface area contributed by atoms with E-state index in [0.717, 1.165) is 0 Å². The molecule has 17 N–H and O–H groups in total. The number of carbonyl (C=O) groups is 6. The molecule has 0 radical (unpaired) electrons. The third-order valence-electron chi connectivity index (χ3n) is 7.14. The van der Waals surface area contributed by atoms with Crippen LogP contribution in [-0.2, 0) is 28.8 Å². The van der Waals surface area contributed by atoms with E-state index in [2.05, 4.69) is 26.6 Å². The molecule has 45 heavy (non-hydrogen) atoms. The first-order chi connectivity index (χ1) is 21.0. The molecule has 0 spiro atoms. The quantitative estimate of drug-likeness (QED) is 0.0362. The zero-order valence-electron chi connectivity index (χ0n) is 25.8. The monoisotopic (exact) mass is 639 g/mol. The number of amides is 6. The molecule has 0 aromatic carbocycles. The Morgan fingerprint density at radius 3 is 1.82 bits per heavy atom. The number of hydrogen-bond donors (Lipinski definition) is 12. The highest BCUT2D eigenvalue weighted by Crippen LogP contribution is 2.20. The molecule has 0 bridgehead atoms. The first-order valence-corrected chi connectivity index (χ1v) is 14.8. The third kappa shape index (κ3) is 13.7. The molecule has 1 rings (SSSR count). The second-order valence-corrected chi connectivity index (χ2v) is 11.2. The van der Waals surface area contributed by atoms with Crippen LogP contribution in [0.15, 0.2) is 0 Å². The normalized spacial score (nSPS) is 16.9. The van der Waals surface area contributed by atoms with Crippen molar-refractivity contribution in [3.05, 3.63) is 0 Å². The van der Waals surface area contributed by atoms with E-state index in [4.69, 9.17) is 39.5 Å². The lowest BCUT2D eigenvalue weighted by Gasteiger charge is -2.30. The Hall–Kier alpha value is -4.68. The van der Waals surface area contributed by atoms with E-state index in [9.17, 15) is 28.8 Å². The van der Waals surface area contributed by atoms with Crippen molar-refractivity contribution >= 4 is 47.4 Å². The number of hydrogen-bond acceptors (Lipinski definition) is 9. The van der Waals surface area contributed by atoms with Crippen molar-refractivity contribution in [3.8, 4) is 0 Å². The van der Waals surface area contributed by atoms with Gasteiger partial charge in [0.1, 0.15) is 24.2 Å². The number of likely N-dealkylation sites (tertiary alicyclic amines) is 1. The van der Waals surface area contributed by atoms with Crippen molar-refractivity contribution in [2.24, 2.45) is 34.6 Å². The standard InChI is InChI=1S/C26H49N13O6/c1-13(2)19(28)23(44)38-16(12-18(27)40)21(42)37-15(7-4-10-35-26(32)33)24(45)39-11-5-8-17(39)22(43)36-14(20(29)41)6-3-9-34-25(30)31/h13-17,19H,3-12,28H2,1-2H3,(H2,27,40)(H2,29,41)(H,36,43)(H,37,42)(H,38,44)(H4,30,31,34)(H4,32,33,35)/t14-,15-,16-,17-,19-/m0/s1. The van der Waals surface area contributed by atoms with Crippen LogP contribution in [0.5, 0.6) is 0 Å². The fraction of sp³-hybridized carbons (Fsp3) is 0.692. The number of nitrogens with zero attached hydrogens (tertiary/aromatic N) is 1. The second-order valence-electron chi connectivity index (χ2n) is 11.2. The molecule has 19 nitrogen and oxygen atoms in total. The molecule has 0 unspecified atom stereocenters. The minimum absolute atomic E-state index is 0.0471. The minimum Gasteiger partial charge on any atom is -0.370 e.